The lowest BCUT2D eigenvalue weighted by molar-refractivity contribution is -0.306. The highest BCUT2D eigenvalue weighted by molar-refractivity contribution is 5.64. The second kappa shape index (κ2) is 7.27. The summed E-state index contributed by atoms with van der Waals surface area (Å²) in [4.78, 5) is 10.9. The Morgan fingerprint density at radius 2 is 1.82 bits per heavy atom. The van der Waals surface area contributed by atoms with Crippen molar-refractivity contribution in [2.45, 2.75) is 97.2 Å². The number of carboxylic acids is 1. The Hall–Kier alpha value is -0.610. The summed E-state index contributed by atoms with van der Waals surface area (Å²) in [7, 11) is 0. The van der Waals surface area contributed by atoms with Crippen molar-refractivity contribution in [3.63, 3.8) is 0 Å². The number of carbonyl (C=O) groups is 1. The Balaban J connectivity index is 1.56. The molecule has 160 valence electrons. The molecule has 0 spiro atoms. The van der Waals surface area contributed by atoms with Crippen LogP contribution in [0, 0.1) is 46.3 Å². The van der Waals surface area contributed by atoms with E-state index in [9.17, 15) is 20.1 Å². The monoisotopic (exact) mass is 391 g/mol. The molecule has 5 unspecified atom stereocenters. The van der Waals surface area contributed by atoms with E-state index in [-0.39, 0.29) is 29.5 Å². The summed E-state index contributed by atoms with van der Waals surface area (Å²) in [5.74, 6) is 2.19. The van der Waals surface area contributed by atoms with Crippen molar-refractivity contribution in [1.29, 1.82) is 0 Å². The smallest absolute Gasteiger partial charge is 0.0602 e. The van der Waals surface area contributed by atoms with Crippen molar-refractivity contribution in [1.82, 2.24) is 0 Å². The molecular formula is C24H39O4-. The van der Waals surface area contributed by atoms with Gasteiger partial charge < -0.3 is 20.1 Å². The van der Waals surface area contributed by atoms with Crippen molar-refractivity contribution in [3.8, 4) is 0 Å². The average Bonchev–Trinajstić information content (AvgIpc) is 3.00. The molecule has 0 aromatic heterocycles. The van der Waals surface area contributed by atoms with E-state index in [0.717, 1.165) is 32.1 Å². The first-order chi connectivity index (χ1) is 13.2. The molecule has 4 aliphatic rings. The molecule has 0 aromatic rings. The zero-order valence-electron chi connectivity index (χ0n) is 17.9. The quantitative estimate of drug-likeness (QED) is 0.771. The molecule has 4 rings (SSSR count). The van der Waals surface area contributed by atoms with Crippen LogP contribution in [0.5, 0.6) is 0 Å². The molecule has 4 saturated carbocycles. The van der Waals surface area contributed by atoms with Gasteiger partial charge in [0.1, 0.15) is 0 Å². The minimum atomic E-state index is -0.957. The largest absolute Gasteiger partial charge is 0.550 e. The lowest BCUT2D eigenvalue weighted by Gasteiger charge is -2.62. The van der Waals surface area contributed by atoms with Crippen molar-refractivity contribution < 1.29 is 20.1 Å². The first-order valence-corrected chi connectivity index (χ1v) is 11.7. The molecule has 0 aromatic carbocycles. The van der Waals surface area contributed by atoms with Crippen LogP contribution in [0.4, 0.5) is 0 Å². The molecule has 4 nitrogen and oxygen atoms in total. The fourth-order valence-electron chi connectivity index (χ4n) is 8.71. The van der Waals surface area contributed by atoms with Crippen LogP contribution in [0.1, 0.15) is 85.0 Å². The number of aliphatic carboxylic acids is 1. The molecule has 0 radical (unpaired) electrons. The normalized spacial score (nSPS) is 51.7. The summed E-state index contributed by atoms with van der Waals surface area (Å²) in [5.41, 5.74) is 0.188. The highest BCUT2D eigenvalue weighted by atomic mass is 16.4. The highest BCUT2D eigenvalue weighted by Crippen LogP contribution is 2.68. The Morgan fingerprint density at radius 1 is 1.07 bits per heavy atom. The standard InChI is InChI=1S/C24H40O4/c1-14(4-9-22(27)28)18-7-8-19-17-6-5-15-12-16(25)10-11-23(15,2)20(17)13-21(26)24(18,19)3/h14-21,25-26H,4-13H2,1-3H3,(H,27,28)/p-1/t14?,15?,16-,17?,18-,19?,20?,21+,23+,24-/m1/s1. The Labute approximate surface area is 170 Å². The van der Waals surface area contributed by atoms with Gasteiger partial charge in [0.2, 0.25) is 0 Å². The van der Waals surface area contributed by atoms with E-state index in [1.54, 1.807) is 0 Å². The van der Waals surface area contributed by atoms with Gasteiger partial charge in [-0.1, -0.05) is 20.8 Å². The number of hydrogen-bond acceptors (Lipinski definition) is 4. The minimum Gasteiger partial charge on any atom is -0.550 e. The Kier molecular flexibility index (Phi) is 5.36. The summed E-state index contributed by atoms with van der Waals surface area (Å²) in [6, 6.07) is 0. The highest BCUT2D eigenvalue weighted by Gasteiger charge is 2.63. The number of carboxylic acid groups (broad SMARTS) is 1. The summed E-state index contributed by atoms with van der Waals surface area (Å²) in [6.45, 7) is 6.94. The topological polar surface area (TPSA) is 80.6 Å². The van der Waals surface area contributed by atoms with E-state index >= 15 is 0 Å². The van der Waals surface area contributed by atoms with Crippen LogP contribution in [0.25, 0.3) is 0 Å². The van der Waals surface area contributed by atoms with Crippen molar-refractivity contribution in [2.75, 3.05) is 0 Å². The number of rotatable bonds is 4. The number of carbonyl (C=O) groups excluding carboxylic acids is 1. The van der Waals surface area contributed by atoms with Crippen LogP contribution in [-0.4, -0.2) is 28.4 Å². The van der Waals surface area contributed by atoms with Crippen molar-refractivity contribution in [2.24, 2.45) is 46.3 Å². The second-order valence-electron chi connectivity index (χ2n) is 11.3. The van der Waals surface area contributed by atoms with E-state index in [0.29, 0.717) is 41.9 Å². The van der Waals surface area contributed by atoms with Gasteiger partial charge in [-0.05, 0) is 111 Å². The number of fused-ring (bicyclic) bond motifs is 5. The third kappa shape index (κ3) is 3.05. The molecule has 28 heavy (non-hydrogen) atoms. The van der Waals surface area contributed by atoms with Crippen molar-refractivity contribution in [3.05, 3.63) is 0 Å². The SMILES string of the molecule is CC(CCC(=O)[O-])[C@H]1CCC2C3CCC4C[C@H](O)CC[C@]4(C)C3C[C@H](O)[C@@]21C. The first-order valence-electron chi connectivity index (χ1n) is 11.7. The fourth-order valence-corrected chi connectivity index (χ4v) is 8.71. The van der Waals surface area contributed by atoms with Gasteiger partial charge in [0, 0.05) is 5.97 Å². The molecule has 4 fully saturated rings. The predicted molar refractivity (Wildman–Crippen MR) is 106 cm³/mol. The van der Waals surface area contributed by atoms with Gasteiger partial charge in [-0.15, -0.1) is 0 Å². The molecule has 0 saturated heterocycles. The third-order valence-electron chi connectivity index (χ3n) is 10.3. The third-order valence-corrected chi connectivity index (χ3v) is 10.3. The predicted octanol–water partition coefficient (Wildman–Crippen LogP) is 3.14. The molecular weight excluding hydrogens is 352 g/mol. The lowest BCUT2D eigenvalue weighted by atomic mass is 9.43. The molecule has 0 bridgehead atoms. The zero-order chi connectivity index (χ0) is 20.3. The number of hydrogen-bond donors (Lipinski definition) is 2. The fraction of sp³-hybridized carbons (Fsp3) is 0.958. The van der Waals surface area contributed by atoms with Gasteiger partial charge >= 0.3 is 0 Å². The average molecular weight is 392 g/mol. The Morgan fingerprint density at radius 3 is 2.54 bits per heavy atom. The number of aliphatic hydroxyl groups excluding tert-OH is 2. The van der Waals surface area contributed by atoms with Gasteiger partial charge in [0.05, 0.1) is 12.2 Å². The van der Waals surface area contributed by atoms with Gasteiger partial charge in [-0.3, -0.25) is 0 Å². The van der Waals surface area contributed by atoms with Crippen LogP contribution in [0.15, 0.2) is 0 Å². The molecule has 2 N–H and O–H groups in total. The van der Waals surface area contributed by atoms with Crippen LogP contribution < -0.4 is 5.11 Å². The zero-order valence-corrected chi connectivity index (χ0v) is 17.9. The second-order valence-corrected chi connectivity index (χ2v) is 11.3. The maximum atomic E-state index is 11.5. The van der Waals surface area contributed by atoms with Gasteiger partial charge in [0.15, 0.2) is 0 Å². The molecule has 0 amide bonds. The van der Waals surface area contributed by atoms with Crippen LogP contribution in [0.2, 0.25) is 0 Å². The van der Waals surface area contributed by atoms with E-state index in [1.807, 2.05) is 0 Å². The van der Waals surface area contributed by atoms with Gasteiger partial charge in [0.25, 0.3) is 0 Å². The summed E-state index contributed by atoms with van der Waals surface area (Å²) >= 11 is 0. The minimum absolute atomic E-state index is 0.0795. The lowest BCUT2D eigenvalue weighted by Crippen LogP contribution is -2.58. The molecule has 4 heteroatoms. The van der Waals surface area contributed by atoms with Crippen LogP contribution in [0.3, 0.4) is 0 Å². The van der Waals surface area contributed by atoms with E-state index < -0.39 is 5.97 Å². The maximum absolute atomic E-state index is 11.5. The summed E-state index contributed by atoms with van der Waals surface area (Å²) < 4.78 is 0. The van der Waals surface area contributed by atoms with Crippen LogP contribution >= 0.6 is 0 Å². The molecule has 10 atom stereocenters. The Bertz CT molecular complexity index is 605. The molecule has 0 aliphatic heterocycles. The van der Waals surface area contributed by atoms with Crippen molar-refractivity contribution >= 4 is 5.97 Å². The van der Waals surface area contributed by atoms with E-state index in [4.69, 9.17) is 0 Å². The molecule has 4 aliphatic carbocycles. The number of aliphatic hydroxyl groups is 2. The van der Waals surface area contributed by atoms with Gasteiger partial charge in [-0.25, -0.2) is 0 Å². The first kappa shape index (κ1) is 20.7. The van der Waals surface area contributed by atoms with Gasteiger partial charge in [-0.2, -0.15) is 0 Å². The van der Waals surface area contributed by atoms with E-state index in [2.05, 4.69) is 20.8 Å². The summed E-state index contributed by atoms with van der Waals surface area (Å²) in [5, 5.41) is 32.6. The summed E-state index contributed by atoms with van der Waals surface area (Å²) in [6.07, 6.45) is 8.98. The van der Waals surface area contributed by atoms with Crippen LogP contribution in [-0.2, 0) is 4.79 Å². The molecule has 0 heterocycles. The van der Waals surface area contributed by atoms with E-state index in [1.165, 1.54) is 19.3 Å². The maximum Gasteiger partial charge on any atom is 0.0602 e.